The van der Waals surface area contributed by atoms with Crippen molar-refractivity contribution >= 4 is 28.9 Å². The topological polar surface area (TPSA) is 26.0 Å². The summed E-state index contributed by atoms with van der Waals surface area (Å²) in [5.41, 5.74) is 8.46. The molecule has 0 aliphatic carbocycles. The lowest BCUT2D eigenvalue weighted by molar-refractivity contribution is 1.39. The Labute approximate surface area is 161 Å². The number of para-hydroxylation sites is 1. The predicted molar refractivity (Wildman–Crippen MR) is 120 cm³/mol. The molecule has 0 aliphatic heterocycles. The number of hydrogen-bond donors (Lipinski definition) is 1. The van der Waals surface area contributed by atoms with E-state index in [1.54, 1.807) is 0 Å². The van der Waals surface area contributed by atoms with Gasteiger partial charge in [-0.15, -0.1) is 0 Å². The van der Waals surface area contributed by atoms with Gasteiger partial charge >= 0.3 is 0 Å². The largest absolute Gasteiger partial charge is 0.398 e. The number of hydrogen-bond acceptors (Lipinski definition) is 1. The van der Waals surface area contributed by atoms with Crippen molar-refractivity contribution in [2.24, 2.45) is 0 Å². The second kappa shape index (κ2) is 7.78. The molecule has 0 spiro atoms. The summed E-state index contributed by atoms with van der Waals surface area (Å²) in [6.45, 7) is 0. The van der Waals surface area contributed by atoms with Gasteiger partial charge in [0.25, 0.3) is 0 Å². The Balaban J connectivity index is 2.02. The quantitative estimate of drug-likeness (QED) is 0.399. The molecule has 0 atom stereocenters. The van der Waals surface area contributed by atoms with Crippen LogP contribution in [0.15, 0.2) is 115 Å². The minimum Gasteiger partial charge on any atom is -0.398 e. The summed E-state index contributed by atoms with van der Waals surface area (Å²) in [5, 5.41) is 4.14. The third kappa shape index (κ3) is 3.39. The fourth-order valence-corrected chi connectivity index (χ4v) is 7.99. The molecule has 0 saturated carbocycles. The Morgan fingerprint density at radius 3 is 1.26 bits per heavy atom. The summed E-state index contributed by atoms with van der Waals surface area (Å²) in [4.78, 5) is 0. The second-order valence-electron chi connectivity index (χ2n) is 6.67. The highest BCUT2D eigenvalue weighted by Gasteiger charge is 2.45. The van der Waals surface area contributed by atoms with Crippen molar-refractivity contribution in [2.75, 3.05) is 5.73 Å². The van der Waals surface area contributed by atoms with Crippen molar-refractivity contribution in [1.29, 1.82) is 0 Å². The molecule has 0 saturated heterocycles. The molecular formula is C25H23NP+. The monoisotopic (exact) mass is 368 g/mol. The van der Waals surface area contributed by atoms with E-state index in [0.29, 0.717) is 0 Å². The predicted octanol–water partition coefficient (Wildman–Crippen LogP) is 4.76. The molecule has 0 aliphatic rings. The van der Waals surface area contributed by atoms with Gasteiger partial charge in [-0.1, -0.05) is 72.8 Å². The number of rotatable bonds is 5. The highest BCUT2D eigenvalue weighted by molar-refractivity contribution is 7.95. The molecule has 2 N–H and O–H groups in total. The SMILES string of the molecule is Nc1ccccc1C[P+](c1ccccc1)(c1ccccc1)c1ccccc1. The van der Waals surface area contributed by atoms with Crippen LogP contribution in [-0.2, 0) is 6.16 Å². The lowest BCUT2D eigenvalue weighted by atomic mass is 10.2. The first-order chi connectivity index (χ1) is 13.3. The Hall–Kier alpha value is -2.89. The molecule has 132 valence electrons. The van der Waals surface area contributed by atoms with Crippen LogP contribution < -0.4 is 21.6 Å². The molecule has 0 aromatic heterocycles. The van der Waals surface area contributed by atoms with Crippen LogP contribution >= 0.6 is 7.26 Å². The number of nitrogen functional groups attached to an aromatic ring is 1. The van der Waals surface area contributed by atoms with E-state index in [9.17, 15) is 0 Å². The first-order valence-corrected chi connectivity index (χ1v) is 11.2. The van der Waals surface area contributed by atoms with Gasteiger partial charge in [-0.05, 0) is 42.5 Å². The smallest absolute Gasteiger partial charge is 0.116 e. The summed E-state index contributed by atoms with van der Waals surface area (Å²) in [6, 6.07) is 41.0. The average Bonchev–Trinajstić information content (AvgIpc) is 2.75. The van der Waals surface area contributed by atoms with Gasteiger partial charge in [0.2, 0.25) is 0 Å². The first-order valence-electron chi connectivity index (χ1n) is 9.19. The first kappa shape index (κ1) is 17.5. The summed E-state index contributed by atoms with van der Waals surface area (Å²) in [7, 11) is -1.88. The molecule has 0 fully saturated rings. The zero-order chi connectivity index (χ0) is 18.5. The van der Waals surface area contributed by atoms with E-state index in [4.69, 9.17) is 5.73 Å². The van der Waals surface area contributed by atoms with E-state index in [-0.39, 0.29) is 0 Å². The van der Waals surface area contributed by atoms with Gasteiger partial charge in [0.05, 0.1) is 0 Å². The lowest BCUT2D eigenvalue weighted by Crippen LogP contribution is -2.32. The molecule has 1 nitrogen and oxygen atoms in total. The van der Waals surface area contributed by atoms with Gasteiger partial charge in [-0.3, -0.25) is 0 Å². The molecule has 4 aromatic rings. The molecule has 0 unspecified atom stereocenters. The van der Waals surface area contributed by atoms with Crippen LogP contribution in [0.2, 0.25) is 0 Å². The van der Waals surface area contributed by atoms with Gasteiger partial charge in [-0.2, -0.15) is 0 Å². The number of nitrogens with two attached hydrogens (primary N) is 1. The molecule has 0 radical (unpaired) electrons. The van der Waals surface area contributed by atoms with Crippen LogP contribution in [0.4, 0.5) is 5.69 Å². The minimum absolute atomic E-state index is 0.865. The fourth-order valence-electron chi connectivity index (χ4n) is 3.70. The van der Waals surface area contributed by atoms with E-state index >= 15 is 0 Å². The highest BCUT2D eigenvalue weighted by Crippen LogP contribution is 2.58. The van der Waals surface area contributed by atoms with Gasteiger partial charge in [-0.25, -0.2) is 0 Å². The highest BCUT2D eigenvalue weighted by atomic mass is 31.2. The molecule has 0 amide bonds. The summed E-state index contributed by atoms with van der Waals surface area (Å²) in [5.74, 6) is 0. The summed E-state index contributed by atoms with van der Waals surface area (Å²) < 4.78 is 0. The van der Waals surface area contributed by atoms with E-state index in [1.165, 1.54) is 21.5 Å². The Bertz CT molecular complexity index is 901. The van der Waals surface area contributed by atoms with Crippen molar-refractivity contribution in [1.82, 2.24) is 0 Å². The van der Waals surface area contributed by atoms with Gasteiger partial charge in [0.1, 0.15) is 29.3 Å². The van der Waals surface area contributed by atoms with Crippen LogP contribution in [0.25, 0.3) is 0 Å². The van der Waals surface area contributed by atoms with Crippen molar-refractivity contribution in [3.63, 3.8) is 0 Å². The molecule has 4 rings (SSSR count). The molecule has 0 bridgehead atoms. The third-order valence-corrected chi connectivity index (χ3v) is 9.41. The molecular weight excluding hydrogens is 345 g/mol. The number of anilines is 1. The molecule has 2 heteroatoms. The van der Waals surface area contributed by atoms with Crippen LogP contribution in [0.3, 0.4) is 0 Å². The van der Waals surface area contributed by atoms with E-state index < -0.39 is 7.26 Å². The van der Waals surface area contributed by atoms with Gasteiger partial charge < -0.3 is 5.73 Å². The maximum Gasteiger partial charge on any atom is 0.116 e. The maximum atomic E-state index is 6.38. The maximum absolute atomic E-state index is 6.38. The Morgan fingerprint density at radius 2 is 0.852 bits per heavy atom. The van der Waals surface area contributed by atoms with E-state index in [0.717, 1.165) is 11.8 Å². The van der Waals surface area contributed by atoms with Gasteiger partial charge in [0, 0.05) is 11.3 Å². The fraction of sp³-hybridized carbons (Fsp3) is 0.0400. The van der Waals surface area contributed by atoms with Crippen molar-refractivity contribution in [3.05, 3.63) is 121 Å². The van der Waals surface area contributed by atoms with Crippen LogP contribution in [0.1, 0.15) is 5.56 Å². The van der Waals surface area contributed by atoms with E-state index in [1.807, 2.05) is 12.1 Å². The number of benzene rings is 4. The van der Waals surface area contributed by atoms with Crippen molar-refractivity contribution in [2.45, 2.75) is 6.16 Å². The van der Waals surface area contributed by atoms with Crippen LogP contribution in [0.5, 0.6) is 0 Å². The minimum atomic E-state index is -1.88. The molecule has 27 heavy (non-hydrogen) atoms. The zero-order valence-electron chi connectivity index (χ0n) is 15.2. The summed E-state index contributed by atoms with van der Waals surface area (Å²) in [6.07, 6.45) is 0.914. The Kier molecular flexibility index (Phi) is 5.05. The lowest BCUT2D eigenvalue weighted by Gasteiger charge is -2.28. The molecule has 4 aromatic carbocycles. The Morgan fingerprint density at radius 1 is 0.481 bits per heavy atom. The second-order valence-corrected chi connectivity index (χ2v) is 10.2. The van der Waals surface area contributed by atoms with Crippen molar-refractivity contribution in [3.8, 4) is 0 Å². The third-order valence-electron chi connectivity index (χ3n) is 5.05. The van der Waals surface area contributed by atoms with E-state index in [2.05, 4.69) is 103 Å². The zero-order valence-corrected chi connectivity index (χ0v) is 16.1. The van der Waals surface area contributed by atoms with Gasteiger partial charge in [0.15, 0.2) is 0 Å². The van der Waals surface area contributed by atoms with Crippen molar-refractivity contribution < 1.29 is 0 Å². The van der Waals surface area contributed by atoms with Crippen LogP contribution in [-0.4, -0.2) is 0 Å². The summed E-state index contributed by atoms with van der Waals surface area (Å²) >= 11 is 0. The molecule has 0 heterocycles. The van der Waals surface area contributed by atoms with Crippen LogP contribution in [0, 0.1) is 0 Å². The standard InChI is InChI=1S/C25H23NP/c26-25-19-11-10-12-21(25)20-27(22-13-4-1-5-14-22,23-15-6-2-7-16-23)24-17-8-3-9-18-24/h1-19H,20,26H2/q+1. The normalized spacial score (nSPS) is 11.3. The average molecular weight is 368 g/mol.